The number of hydrogen-bond acceptors (Lipinski definition) is 4. The van der Waals surface area contributed by atoms with Crippen molar-refractivity contribution in [3.8, 4) is 0 Å². The fourth-order valence-electron chi connectivity index (χ4n) is 1.93. The van der Waals surface area contributed by atoms with Gasteiger partial charge in [0.15, 0.2) is 0 Å². The Morgan fingerprint density at radius 3 is 2.05 bits per heavy atom. The summed E-state index contributed by atoms with van der Waals surface area (Å²) >= 11 is 0. The fourth-order valence-corrected chi connectivity index (χ4v) is 3.56. The lowest BCUT2D eigenvalue weighted by molar-refractivity contribution is 0.0697. The maximum atomic E-state index is 12.5. The number of hydrogen-bond donors (Lipinski definition) is 2. The van der Waals surface area contributed by atoms with Crippen LogP contribution in [0.15, 0.2) is 24.3 Å². The highest BCUT2D eigenvalue weighted by Gasteiger charge is 2.27. The maximum Gasteiger partial charge on any atom is 0.335 e. The summed E-state index contributed by atoms with van der Waals surface area (Å²) in [6, 6.07) is 5.50. The van der Waals surface area contributed by atoms with Crippen molar-refractivity contribution in [1.82, 2.24) is 4.31 Å². The average molecular weight is 316 g/mol. The highest BCUT2D eigenvalue weighted by molar-refractivity contribution is 7.90. The summed E-state index contributed by atoms with van der Waals surface area (Å²) < 4.78 is 27.4. The minimum atomic E-state index is -3.75. The van der Waals surface area contributed by atoms with Gasteiger partial charge < -0.3 is 10.2 Å². The molecule has 0 fully saturated rings. The van der Waals surface area contributed by atoms with E-state index in [0.717, 1.165) is 4.31 Å². The zero-order chi connectivity index (χ0) is 16.0. The quantitative estimate of drug-likeness (QED) is 0.738. The average Bonchev–Trinajstić information content (AvgIpc) is 2.45. The monoisotopic (exact) mass is 316 g/mol. The second kappa shape index (κ2) is 7.39. The summed E-state index contributed by atoms with van der Waals surface area (Å²) in [6.07, 6.45) is 0. The van der Waals surface area contributed by atoms with Gasteiger partial charge in [0.1, 0.15) is 0 Å². The molecule has 2 N–H and O–H groups in total. The SMILES string of the molecule is CCN(CC)S(=O)(=O)N(CCO)c1ccc(C(=O)O)cc1. The molecule has 8 heteroatoms. The van der Waals surface area contributed by atoms with Gasteiger partial charge in [-0.3, -0.25) is 4.31 Å². The van der Waals surface area contributed by atoms with Crippen molar-refractivity contribution in [2.75, 3.05) is 30.5 Å². The minimum absolute atomic E-state index is 0.0722. The van der Waals surface area contributed by atoms with Crippen LogP contribution in [0.2, 0.25) is 0 Å². The molecule has 0 aliphatic heterocycles. The number of carbonyl (C=O) groups is 1. The molecule has 0 aliphatic carbocycles. The molecular formula is C13H20N2O5S. The zero-order valence-corrected chi connectivity index (χ0v) is 12.9. The van der Waals surface area contributed by atoms with Crippen molar-refractivity contribution in [2.24, 2.45) is 0 Å². The molecule has 0 aromatic heterocycles. The lowest BCUT2D eigenvalue weighted by atomic mass is 10.2. The van der Waals surface area contributed by atoms with Crippen molar-refractivity contribution in [3.63, 3.8) is 0 Å². The van der Waals surface area contributed by atoms with E-state index in [0.29, 0.717) is 18.8 Å². The van der Waals surface area contributed by atoms with Crippen molar-refractivity contribution in [3.05, 3.63) is 29.8 Å². The molecular weight excluding hydrogens is 296 g/mol. The van der Waals surface area contributed by atoms with Crippen molar-refractivity contribution in [2.45, 2.75) is 13.8 Å². The van der Waals surface area contributed by atoms with Gasteiger partial charge in [0.2, 0.25) is 0 Å². The van der Waals surface area contributed by atoms with Crippen LogP contribution >= 0.6 is 0 Å². The summed E-state index contributed by atoms with van der Waals surface area (Å²) in [5.41, 5.74) is 0.392. The highest BCUT2D eigenvalue weighted by Crippen LogP contribution is 2.21. The standard InChI is InChI=1S/C13H20N2O5S/c1-3-14(4-2)21(19,20)15(9-10-16)12-7-5-11(6-8-12)13(17)18/h5-8,16H,3-4,9-10H2,1-2H3,(H,17,18). The first-order chi connectivity index (χ1) is 9.88. The third-order valence-electron chi connectivity index (χ3n) is 3.02. The van der Waals surface area contributed by atoms with Crippen LogP contribution in [0.25, 0.3) is 0 Å². The predicted octanol–water partition coefficient (Wildman–Crippen LogP) is 0.770. The molecule has 0 aliphatic rings. The van der Waals surface area contributed by atoms with Gasteiger partial charge in [-0.2, -0.15) is 12.7 Å². The third-order valence-corrected chi connectivity index (χ3v) is 5.13. The molecule has 1 aromatic carbocycles. The molecule has 0 amide bonds. The van der Waals surface area contributed by atoms with Crippen molar-refractivity contribution >= 4 is 21.9 Å². The molecule has 0 radical (unpaired) electrons. The van der Waals surface area contributed by atoms with E-state index in [4.69, 9.17) is 10.2 Å². The van der Waals surface area contributed by atoms with Gasteiger partial charge in [-0.25, -0.2) is 4.79 Å². The number of anilines is 1. The molecule has 0 bridgehead atoms. The van der Waals surface area contributed by atoms with Gasteiger partial charge in [-0.05, 0) is 24.3 Å². The van der Waals surface area contributed by atoms with Gasteiger partial charge in [0.05, 0.1) is 24.4 Å². The zero-order valence-electron chi connectivity index (χ0n) is 12.1. The molecule has 7 nitrogen and oxygen atoms in total. The van der Waals surface area contributed by atoms with Gasteiger partial charge in [-0.15, -0.1) is 0 Å². The number of benzene rings is 1. The first-order valence-corrected chi connectivity index (χ1v) is 8.00. The Labute approximate surface area is 124 Å². The molecule has 0 unspecified atom stereocenters. The molecule has 118 valence electrons. The maximum absolute atomic E-state index is 12.5. The molecule has 0 atom stereocenters. The Kier molecular flexibility index (Phi) is 6.13. The van der Waals surface area contributed by atoms with Crippen LogP contribution in [0.3, 0.4) is 0 Å². The Morgan fingerprint density at radius 1 is 1.14 bits per heavy atom. The van der Waals surface area contributed by atoms with Crippen molar-refractivity contribution in [1.29, 1.82) is 0 Å². The van der Waals surface area contributed by atoms with Crippen LogP contribution in [-0.2, 0) is 10.2 Å². The number of aliphatic hydroxyl groups is 1. The predicted molar refractivity (Wildman–Crippen MR) is 79.7 cm³/mol. The number of rotatable bonds is 8. The van der Waals surface area contributed by atoms with E-state index in [1.165, 1.54) is 28.6 Å². The third kappa shape index (κ3) is 3.93. The van der Waals surface area contributed by atoms with Crippen LogP contribution in [0.5, 0.6) is 0 Å². The molecule has 0 spiro atoms. The van der Waals surface area contributed by atoms with E-state index in [9.17, 15) is 13.2 Å². The van der Waals surface area contributed by atoms with E-state index in [1.807, 2.05) is 0 Å². The number of carboxylic acids is 1. The topological polar surface area (TPSA) is 98.2 Å². The number of aromatic carboxylic acids is 1. The summed E-state index contributed by atoms with van der Waals surface area (Å²) in [4.78, 5) is 10.8. The summed E-state index contributed by atoms with van der Waals surface area (Å²) in [7, 11) is -3.75. The molecule has 1 aromatic rings. The second-order valence-electron chi connectivity index (χ2n) is 4.24. The van der Waals surface area contributed by atoms with Crippen LogP contribution < -0.4 is 4.31 Å². The fraction of sp³-hybridized carbons (Fsp3) is 0.462. The largest absolute Gasteiger partial charge is 0.478 e. The second-order valence-corrected chi connectivity index (χ2v) is 6.09. The molecule has 0 saturated carbocycles. The smallest absolute Gasteiger partial charge is 0.335 e. The van der Waals surface area contributed by atoms with Gasteiger partial charge >= 0.3 is 16.2 Å². The Bertz CT molecular complexity index is 567. The van der Waals surface area contributed by atoms with E-state index in [-0.39, 0.29) is 18.7 Å². The van der Waals surface area contributed by atoms with Crippen LogP contribution in [0.1, 0.15) is 24.2 Å². The van der Waals surface area contributed by atoms with Gasteiger partial charge in [0, 0.05) is 13.1 Å². The molecule has 0 heterocycles. The van der Waals surface area contributed by atoms with Crippen LogP contribution in [0, 0.1) is 0 Å². The highest BCUT2D eigenvalue weighted by atomic mass is 32.2. The lowest BCUT2D eigenvalue weighted by Crippen LogP contribution is -2.45. The van der Waals surface area contributed by atoms with E-state index < -0.39 is 16.2 Å². The lowest BCUT2D eigenvalue weighted by Gasteiger charge is -2.29. The van der Waals surface area contributed by atoms with E-state index in [1.54, 1.807) is 13.8 Å². The number of nitrogens with zero attached hydrogens (tertiary/aromatic N) is 2. The van der Waals surface area contributed by atoms with E-state index in [2.05, 4.69) is 0 Å². The number of aliphatic hydroxyl groups excluding tert-OH is 1. The minimum Gasteiger partial charge on any atom is -0.478 e. The normalized spacial score (nSPS) is 11.6. The van der Waals surface area contributed by atoms with Crippen molar-refractivity contribution < 1.29 is 23.4 Å². The molecule has 0 saturated heterocycles. The summed E-state index contributed by atoms with van der Waals surface area (Å²) in [5.74, 6) is -1.08. The Morgan fingerprint density at radius 2 is 1.67 bits per heavy atom. The first kappa shape index (κ1) is 17.4. The first-order valence-electron chi connectivity index (χ1n) is 6.60. The van der Waals surface area contributed by atoms with Crippen LogP contribution in [0.4, 0.5) is 5.69 Å². The summed E-state index contributed by atoms with van der Waals surface area (Å²) in [6.45, 7) is 3.66. The Hall–Kier alpha value is -1.64. The number of carboxylic acid groups (broad SMARTS) is 1. The van der Waals surface area contributed by atoms with E-state index >= 15 is 0 Å². The van der Waals surface area contributed by atoms with Crippen LogP contribution in [-0.4, -0.2) is 55.1 Å². The van der Waals surface area contributed by atoms with Gasteiger partial charge in [0.25, 0.3) is 0 Å². The Balaban J connectivity index is 3.20. The molecule has 21 heavy (non-hydrogen) atoms. The van der Waals surface area contributed by atoms with Gasteiger partial charge in [-0.1, -0.05) is 13.8 Å². The molecule has 1 rings (SSSR count). The summed E-state index contributed by atoms with van der Waals surface area (Å²) in [5, 5.41) is 18.0.